The fourth-order valence-electron chi connectivity index (χ4n) is 0.696. The van der Waals surface area contributed by atoms with Gasteiger partial charge in [0.1, 0.15) is 0 Å². The van der Waals surface area contributed by atoms with Crippen molar-refractivity contribution in [3.63, 3.8) is 0 Å². The van der Waals surface area contributed by atoms with E-state index in [1.54, 1.807) is 19.1 Å². The quantitative estimate of drug-likeness (QED) is 0.221. The molecule has 1 aromatic rings. The van der Waals surface area contributed by atoms with Crippen molar-refractivity contribution in [2.45, 2.75) is 6.92 Å². The van der Waals surface area contributed by atoms with Crippen LogP contribution in [-0.4, -0.2) is 4.92 Å². The topological polar surface area (TPSA) is 43.1 Å². The molecule has 1 aromatic carbocycles. The summed E-state index contributed by atoms with van der Waals surface area (Å²) in [5.74, 6) is 0. The van der Waals surface area contributed by atoms with Crippen molar-refractivity contribution in [2.75, 3.05) is 0 Å². The van der Waals surface area contributed by atoms with Gasteiger partial charge in [-0.3, -0.25) is 10.1 Å². The maximum Gasteiger partial charge on any atom is 1.00 e. The van der Waals surface area contributed by atoms with E-state index in [1.165, 1.54) is 6.07 Å². The third-order valence-corrected chi connectivity index (χ3v) is 1.25. The van der Waals surface area contributed by atoms with E-state index >= 15 is 0 Å². The fraction of sp³-hybridized carbons (Fsp3) is 0.143. The second-order valence-electron chi connectivity index (χ2n) is 1.97. The Morgan fingerprint density at radius 2 is 2.27 bits per heavy atom. The van der Waals surface area contributed by atoms with Crippen LogP contribution in [0, 0.1) is 23.1 Å². The van der Waals surface area contributed by atoms with Gasteiger partial charge in [0.25, 0.3) is 0 Å². The van der Waals surface area contributed by atoms with Crippen LogP contribution in [0.25, 0.3) is 0 Å². The van der Waals surface area contributed by atoms with E-state index in [0.29, 0.717) is 5.56 Å². The van der Waals surface area contributed by atoms with Gasteiger partial charge in [0, 0.05) is 4.92 Å². The van der Waals surface area contributed by atoms with Gasteiger partial charge >= 0.3 is 29.6 Å². The van der Waals surface area contributed by atoms with Crippen molar-refractivity contribution in [1.82, 2.24) is 0 Å². The minimum Gasteiger partial charge on any atom is -0.270 e. The van der Waals surface area contributed by atoms with Crippen molar-refractivity contribution >= 4 is 5.69 Å². The summed E-state index contributed by atoms with van der Waals surface area (Å²) in [5, 5.41) is 10.2. The van der Waals surface area contributed by atoms with Gasteiger partial charge in [-0.15, -0.1) is 6.07 Å². The molecule has 0 aliphatic carbocycles. The second-order valence-corrected chi connectivity index (χ2v) is 1.97. The van der Waals surface area contributed by atoms with Crippen molar-refractivity contribution in [3.05, 3.63) is 39.9 Å². The standard InChI is InChI=1S/C7H6NO2.Na/c1-6-4-2-3-5-7(6)8(9)10;/h2,4-5H,1H3;/q-1;+1. The molecule has 4 heteroatoms. The predicted octanol–water partition coefficient (Wildman–Crippen LogP) is -1.29. The molecule has 0 aromatic heterocycles. The molecule has 0 unspecified atom stereocenters. The molecule has 0 fully saturated rings. The molecule has 0 N–H and O–H groups in total. The minimum absolute atomic E-state index is 0. The van der Waals surface area contributed by atoms with Gasteiger partial charge in [-0.05, 0) is 0 Å². The smallest absolute Gasteiger partial charge is 0.270 e. The van der Waals surface area contributed by atoms with Gasteiger partial charge in [0.15, 0.2) is 5.69 Å². The fourth-order valence-corrected chi connectivity index (χ4v) is 0.696. The zero-order valence-corrected chi connectivity index (χ0v) is 8.50. The summed E-state index contributed by atoms with van der Waals surface area (Å²) in [7, 11) is 0. The van der Waals surface area contributed by atoms with Gasteiger partial charge < -0.3 is 0 Å². The van der Waals surface area contributed by atoms with Crippen molar-refractivity contribution in [1.29, 1.82) is 0 Å². The van der Waals surface area contributed by atoms with Crippen LogP contribution in [-0.2, 0) is 0 Å². The van der Waals surface area contributed by atoms with Crippen molar-refractivity contribution < 1.29 is 34.5 Å². The van der Waals surface area contributed by atoms with Gasteiger partial charge in [-0.2, -0.15) is 18.2 Å². The van der Waals surface area contributed by atoms with Crippen LogP contribution in [0.2, 0.25) is 0 Å². The first-order chi connectivity index (χ1) is 4.72. The van der Waals surface area contributed by atoms with Crippen LogP contribution in [0.5, 0.6) is 0 Å². The summed E-state index contributed by atoms with van der Waals surface area (Å²) in [6, 6.07) is 7.33. The van der Waals surface area contributed by atoms with Gasteiger partial charge in [0.05, 0.1) is 0 Å². The number of aryl methyl sites for hydroxylation is 1. The molecular formula is C7H6NNaO2. The first-order valence-corrected chi connectivity index (χ1v) is 2.83. The van der Waals surface area contributed by atoms with Crippen LogP contribution in [0.4, 0.5) is 5.69 Å². The largest absolute Gasteiger partial charge is 1.00 e. The Hall–Kier alpha value is -0.380. The van der Waals surface area contributed by atoms with Gasteiger partial charge in [0.2, 0.25) is 0 Å². The number of hydrogen-bond acceptors (Lipinski definition) is 2. The minimum atomic E-state index is -0.411. The molecular weight excluding hydrogens is 153 g/mol. The molecule has 0 aliphatic heterocycles. The zero-order chi connectivity index (χ0) is 7.56. The van der Waals surface area contributed by atoms with E-state index in [4.69, 9.17) is 0 Å². The van der Waals surface area contributed by atoms with E-state index in [9.17, 15) is 10.1 Å². The number of benzene rings is 1. The summed E-state index contributed by atoms with van der Waals surface area (Å²) in [6.07, 6.45) is 0. The number of nitro benzene ring substituents is 1. The number of rotatable bonds is 1. The maximum atomic E-state index is 10.2. The zero-order valence-electron chi connectivity index (χ0n) is 6.50. The molecule has 0 radical (unpaired) electrons. The monoisotopic (exact) mass is 159 g/mol. The Labute approximate surface area is 86.9 Å². The third kappa shape index (κ3) is 2.61. The third-order valence-electron chi connectivity index (χ3n) is 1.25. The first-order valence-electron chi connectivity index (χ1n) is 2.83. The van der Waals surface area contributed by atoms with E-state index in [-0.39, 0.29) is 35.2 Å². The number of hydrogen-bond donors (Lipinski definition) is 0. The molecule has 0 amide bonds. The molecule has 3 nitrogen and oxygen atoms in total. The van der Waals surface area contributed by atoms with Crippen molar-refractivity contribution in [2.24, 2.45) is 0 Å². The normalized spacial score (nSPS) is 8.45. The van der Waals surface area contributed by atoms with Crippen molar-refractivity contribution in [3.8, 4) is 0 Å². The van der Waals surface area contributed by atoms with Gasteiger partial charge in [-0.25, -0.2) is 0 Å². The first kappa shape index (κ1) is 10.6. The molecule has 0 saturated heterocycles. The SMILES string of the molecule is Cc1cc[c-]cc1[N+](=O)[O-].[Na+]. The average molecular weight is 159 g/mol. The molecule has 52 valence electrons. The Morgan fingerprint density at radius 1 is 1.64 bits per heavy atom. The van der Waals surface area contributed by atoms with E-state index < -0.39 is 4.92 Å². The van der Waals surface area contributed by atoms with Gasteiger partial charge in [-0.1, -0.05) is 12.5 Å². The molecule has 0 spiro atoms. The molecule has 11 heavy (non-hydrogen) atoms. The summed E-state index contributed by atoms with van der Waals surface area (Å²) < 4.78 is 0. The molecule has 1 rings (SSSR count). The van der Waals surface area contributed by atoms with E-state index in [0.717, 1.165) is 0 Å². The average Bonchev–Trinajstić information content (AvgIpc) is 1.88. The number of nitrogens with zero attached hydrogens (tertiary/aromatic N) is 1. The maximum absolute atomic E-state index is 10.2. The summed E-state index contributed by atoms with van der Waals surface area (Å²) in [5.41, 5.74) is 0.797. The Bertz CT molecular complexity index is 262. The number of nitro groups is 1. The van der Waals surface area contributed by atoms with Crippen LogP contribution in [0.15, 0.2) is 18.2 Å². The Morgan fingerprint density at radius 3 is 2.64 bits per heavy atom. The van der Waals surface area contributed by atoms with E-state index in [2.05, 4.69) is 6.07 Å². The second kappa shape index (κ2) is 4.49. The Balaban J connectivity index is 0.000001000. The van der Waals surface area contributed by atoms with Crippen LogP contribution >= 0.6 is 0 Å². The molecule has 0 aliphatic rings. The summed E-state index contributed by atoms with van der Waals surface area (Å²) in [4.78, 5) is 9.80. The van der Waals surface area contributed by atoms with Crippen LogP contribution < -0.4 is 29.6 Å². The summed E-state index contributed by atoms with van der Waals surface area (Å²) in [6.45, 7) is 1.70. The van der Waals surface area contributed by atoms with Crippen LogP contribution in [0.1, 0.15) is 5.56 Å². The molecule has 0 bridgehead atoms. The van der Waals surface area contributed by atoms with Crippen LogP contribution in [0.3, 0.4) is 0 Å². The predicted molar refractivity (Wildman–Crippen MR) is 36.7 cm³/mol. The summed E-state index contributed by atoms with van der Waals surface area (Å²) >= 11 is 0. The molecule has 0 saturated carbocycles. The molecule has 0 heterocycles. The molecule has 0 atom stereocenters. The van der Waals surface area contributed by atoms with E-state index in [1.807, 2.05) is 0 Å². The Kier molecular flexibility index (Phi) is 4.33.